The molecule has 0 N–H and O–H groups in total. The van der Waals surface area contributed by atoms with Crippen LogP contribution in [0.15, 0.2) is 6.20 Å². The first-order valence-corrected chi connectivity index (χ1v) is 4.97. The molecule has 0 aromatic carbocycles. The Bertz CT molecular complexity index is 218. The third kappa shape index (κ3) is 2.89. The van der Waals surface area contributed by atoms with Crippen molar-refractivity contribution in [1.82, 2.24) is 9.55 Å². The SMILES string of the molecule is CC.Cc1cnc(CCS)n1C. The van der Waals surface area contributed by atoms with Crippen molar-refractivity contribution in [3.05, 3.63) is 17.7 Å². The summed E-state index contributed by atoms with van der Waals surface area (Å²) in [5.74, 6) is 1.98. The molecule has 0 bridgehead atoms. The Labute approximate surface area is 80.4 Å². The molecule has 12 heavy (non-hydrogen) atoms. The van der Waals surface area contributed by atoms with Gasteiger partial charge < -0.3 is 4.57 Å². The summed E-state index contributed by atoms with van der Waals surface area (Å²) in [4.78, 5) is 4.22. The second kappa shape index (κ2) is 6.12. The van der Waals surface area contributed by atoms with Crippen LogP contribution in [-0.2, 0) is 13.5 Å². The molecule has 0 aliphatic heterocycles. The molecule has 0 atom stereocenters. The molecule has 0 saturated heterocycles. The maximum Gasteiger partial charge on any atom is 0.109 e. The van der Waals surface area contributed by atoms with Gasteiger partial charge in [0.25, 0.3) is 0 Å². The Morgan fingerprint density at radius 3 is 2.42 bits per heavy atom. The predicted molar refractivity (Wildman–Crippen MR) is 56.9 cm³/mol. The van der Waals surface area contributed by atoms with Crippen molar-refractivity contribution in [3.8, 4) is 0 Å². The van der Waals surface area contributed by atoms with Crippen molar-refractivity contribution in [2.24, 2.45) is 7.05 Å². The zero-order valence-electron chi connectivity index (χ0n) is 8.33. The van der Waals surface area contributed by atoms with E-state index in [2.05, 4.69) is 29.1 Å². The lowest BCUT2D eigenvalue weighted by atomic mass is 10.4. The lowest BCUT2D eigenvalue weighted by Crippen LogP contribution is -1.99. The van der Waals surface area contributed by atoms with E-state index >= 15 is 0 Å². The summed E-state index contributed by atoms with van der Waals surface area (Å²) in [5.41, 5.74) is 1.21. The van der Waals surface area contributed by atoms with Gasteiger partial charge in [0.15, 0.2) is 0 Å². The van der Waals surface area contributed by atoms with Gasteiger partial charge in [-0.15, -0.1) is 0 Å². The minimum absolute atomic E-state index is 0.865. The van der Waals surface area contributed by atoms with Gasteiger partial charge in [-0.1, -0.05) is 13.8 Å². The second-order valence-corrected chi connectivity index (χ2v) is 2.80. The van der Waals surface area contributed by atoms with Gasteiger partial charge in [0, 0.05) is 25.4 Å². The van der Waals surface area contributed by atoms with Gasteiger partial charge in [0.2, 0.25) is 0 Å². The summed E-state index contributed by atoms with van der Waals surface area (Å²) in [6, 6.07) is 0. The minimum atomic E-state index is 0.865. The Morgan fingerprint density at radius 1 is 1.50 bits per heavy atom. The monoisotopic (exact) mass is 186 g/mol. The number of nitrogens with zero attached hydrogens (tertiary/aromatic N) is 2. The summed E-state index contributed by atoms with van der Waals surface area (Å²) in [5, 5.41) is 0. The molecule has 2 nitrogen and oxygen atoms in total. The summed E-state index contributed by atoms with van der Waals surface area (Å²) >= 11 is 4.14. The average Bonchev–Trinajstić information content (AvgIpc) is 2.41. The van der Waals surface area contributed by atoms with Crippen LogP contribution in [0.5, 0.6) is 0 Å². The molecule has 0 aliphatic rings. The third-order valence-corrected chi connectivity index (χ3v) is 1.88. The first kappa shape index (κ1) is 11.6. The minimum Gasteiger partial charge on any atom is -0.335 e. The fourth-order valence-corrected chi connectivity index (χ4v) is 1.08. The topological polar surface area (TPSA) is 17.8 Å². The molecule has 0 aliphatic carbocycles. The van der Waals surface area contributed by atoms with Gasteiger partial charge in [-0.25, -0.2) is 4.98 Å². The Balaban J connectivity index is 0.000000561. The van der Waals surface area contributed by atoms with E-state index in [4.69, 9.17) is 0 Å². The van der Waals surface area contributed by atoms with Crippen LogP contribution in [0, 0.1) is 6.92 Å². The quantitative estimate of drug-likeness (QED) is 0.701. The number of hydrogen-bond donors (Lipinski definition) is 1. The highest BCUT2D eigenvalue weighted by Gasteiger charge is 1.99. The van der Waals surface area contributed by atoms with Crippen LogP contribution in [0.1, 0.15) is 25.4 Å². The Morgan fingerprint density at radius 2 is 2.08 bits per heavy atom. The molecular formula is C9H18N2S. The van der Waals surface area contributed by atoms with E-state index in [9.17, 15) is 0 Å². The number of thiol groups is 1. The van der Waals surface area contributed by atoms with E-state index in [-0.39, 0.29) is 0 Å². The lowest BCUT2D eigenvalue weighted by molar-refractivity contribution is 0.789. The van der Waals surface area contributed by atoms with E-state index < -0.39 is 0 Å². The van der Waals surface area contributed by atoms with Gasteiger partial charge in [0.05, 0.1) is 0 Å². The van der Waals surface area contributed by atoms with Crippen LogP contribution in [0.3, 0.4) is 0 Å². The maximum absolute atomic E-state index is 4.22. The van der Waals surface area contributed by atoms with Crippen LogP contribution in [0.2, 0.25) is 0 Å². The normalized spacial score (nSPS) is 9.08. The van der Waals surface area contributed by atoms with Crippen molar-refractivity contribution in [3.63, 3.8) is 0 Å². The largest absolute Gasteiger partial charge is 0.335 e. The zero-order chi connectivity index (χ0) is 9.56. The van der Waals surface area contributed by atoms with Gasteiger partial charge in [-0.05, 0) is 12.7 Å². The molecule has 1 rings (SSSR count). The van der Waals surface area contributed by atoms with Crippen molar-refractivity contribution < 1.29 is 0 Å². The van der Waals surface area contributed by atoms with E-state index in [0.29, 0.717) is 0 Å². The molecule has 0 radical (unpaired) electrons. The van der Waals surface area contributed by atoms with E-state index in [0.717, 1.165) is 18.0 Å². The van der Waals surface area contributed by atoms with Crippen LogP contribution in [0.25, 0.3) is 0 Å². The smallest absolute Gasteiger partial charge is 0.109 e. The van der Waals surface area contributed by atoms with Crippen molar-refractivity contribution in [2.45, 2.75) is 27.2 Å². The molecule has 70 valence electrons. The van der Waals surface area contributed by atoms with Crippen LogP contribution in [0.4, 0.5) is 0 Å². The van der Waals surface area contributed by atoms with E-state index in [1.54, 1.807) is 0 Å². The number of rotatable bonds is 2. The fraction of sp³-hybridized carbons (Fsp3) is 0.667. The molecule has 1 aromatic heterocycles. The Kier molecular flexibility index (Phi) is 5.89. The molecule has 0 amide bonds. The van der Waals surface area contributed by atoms with E-state index in [1.165, 1.54) is 5.69 Å². The highest BCUT2D eigenvalue weighted by Crippen LogP contribution is 2.01. The van der Waals surface area contributed by atoms with Crippen LogP contribution >= 0.6 is 12.6 Å². The average molecular weight is 186 g/mol. The predicted octanol–water partition coefficient (Wildman–Crippen LogP) is 2.23. The van der Waals surface area contributed by atoms with Gasteiger partial charge in [-0.2, -0.15) is 12.6 Å². The number of hydrogen-bond acceptors (Lipinski definition) is 2. The van der Waals surface area contributed by atoms with Crippen molar-refractivity contribution >= 4 is 12.6 Å². The number of aromatic nitrogens is 2. The Hall–Kier alpha value is -0.440. The summed E-state index contributed by atoms with van der Waals surface area (Å²) in [6.07, 6.45) is 2.84. The molecule has 1 heterocycles. The molecule has 0 spiro atoms. The van der Waals surface area contributed by atoms with Crippen LogP contribution < -0.4 is 0 Å². The molecule has 0 unspecified atom stereocenters. The highest BCUT2D eigenvalue weighted by molar-refractivity contribution is 7.80. The molecule has 0 fully saturated rings. The van der Waals surface area contributed by atoms with E-state index in [1.807, 2.05) is 27.1 Å². The molecule has 0 saturated carbocycles. The van der Waals surface area contributed by atoms with Gasteiger partial charge in [-0.3, -0.25) is 0 Å². The van der Waals surface area contributed by atoms with Gasteiger partial charge >= 0.3 is 0 Å². The summed E-state index contributed by atoms with van der Waals surface area (Å²) in [7, 11) is 2.03. The van der Waals surface area contributed by atoms with Crippen molar-refractivity contribution in [2.75, 3.05) is 5.75 Å². The summed E-state index contributed by atoms with van der Waals surface area (Å²) < 4.78 is 2.09. The fourth-order valence-electron chi connectivity index (χ4n) is 0.877. The molecular weight excluding hydrogens is 168 g/mol. The highest BCUT2D eigenvalue weighted by atomic mass is 32.1. The molecule has 1 aromatic rings. The lowest BCUT2D eigenvalue weighted by Gasteiger charge is -1.99. The first-order chi connectivity index (χ1) is 5.75. The number of imidazole rings is 1. The first-order valence-electron chi connectivity index (χ1n) is 4.33. The zero-order valence-corrected chi connectivity index (χ0v) is 9.23. The number of aryl methyl sites for hydroxylation is 2. The maximum atomic E-state index is 4.22. The van der Waals surface area contributed by atoms with Crippen LogP contribution in [-0.4, -0.2) is 15.3 Å². The standard InChI is InChI=1S/C7H12N2S.C2H6/c1-6-5-8-7(3-4-10)9(6)2;1-2/h5,10H,3-4H2,1-2H3;1-2H3. The third-order valence-electron chi connectivity index (χ3n) is 1.65. The molecule has 3 heteroatoms. The van der Waals surface area contributed by atoms with Crippen molar-refractivity contribution in [1.29, 1.82) is 0 Å². The second-order valence-electron chi connectivity index (χ2n) is 2.35. The summed E-state index contributed by atoms with van der Waals surface area (Å²) in [6.45, 7) is 6.05. The van der Waals surface area contributed by atoms with Gasteiger partial charge in [0.1, 0.15) is 5.82 Å².